The minimum Gasteiger partial charge on any atom is -0.323 e. The molecule has 0 heterocycles. The Morgan fingerprint density at radius 2 is 1.38 bits per heavy atom. The Kier molecular flexibility index (Phi) is 5.35. The standard InChI is InChI=1S/C14H21IN4O2/c1-13(2,16)11(20)18-9-6-5-8(15)7-10(9)19-12(21)14(3,4)17/h5-7H,16-17H2,1-4H3,(H,18,20)(H,19,21). The van der Waals surface area contributed by atoms with Crippen LogP contribution in [0, 0.1) is 3.57 Å². The summed E-state index contributed by atoms with van der Waals surface area (Å²) in [5.41, 5.74) is 10.5. The van der Waals surface area contributed by atoms with Gasteiger partial charge in [-0.3, -0.25) is 9.59 Å². The fourth-order valence-electron chi connectivity index (χ4n) is 1.30. The van der Waals surface area contributed by atoms with Crippen molar-refractivity contribution < 1.29 is 9.59 Å². The summed E-state index contributed by atoms with van der Waals surface area (Å²) in [6, 6.07) is 5.29. The van der Waals surface area contributed by atoms with Crippen LogP contribution in [-0.2, 0) is 9.59 Å². The van der Waals surface area contributed by atoms with Crippen molar-refractivity contribution in [2.24, 2.45) is 11.5 Å². The van der Waals surface area contributed by atoms with Crippen molar-refractivity contribution in [3.05, 3.63) is 21.8 Å². The zero-order chi connectivity index (χ0) is 16.4. The van der Waals surface area contributed by atoms with Crippen molar-refractivity contribution in [2.75, 3.05) is 10.6 Å². The number of halogens is 1. The Morgan fingerprint density at radius 3 is 1.81 bits per heavy atom. The molecule has 0 fully saturated rings. The lowest BCUT2D eigenvalue weighted by Gasteiger charge is -2.22. The van der Waals surface area contributed by atoms with Crippen LogP contribution < -0.4 is 22.1 Å². The molecule has 21 heavy (non-hydrogen) atoms. The van der Waals surface area contributed by atoms with Gasteiger partial charge in [-0.1, -0.05) is 0 Å². The Bertz CT molecular complexity index is 559. The van der Waals surface area contributed by atoms with Gasteiger partial charge in [0.1, 0.15) is 0 Å². The fourth-order valence-corrected chi connectivity index (χ4v) is 1.79. The molecule has 2 amide bonds. The molecule has 0 aromatic heterocycles. The molecule has 1 aromatic rings. The molecule has 0 unspecified atom stereocenters. The molecule has 0 atom stereocenters. The highest BCUT2D eigenvalue weighted by molar-refractivity contribution is 14.1. The van der Waals surface area contributed by atoms with E-state index in [-0.39, 0.29) is 11.8 Å². The molecule has 0 bridgehead atoms. The van der Waals surface area contributed by atoms with Crippen LogP contribution in [0.3, 0.4) is 0 Å². The van der Waals surface area contributed by atoms with Gasteiger partial charge in [0.05, 0.1) is 22.5 Å². The lowest BCUT2D eigenvalue weighted by Crippen LogP contribution is -2.46. The summed E-state index contributed by atoms with van der Waals surface area (Å²) >= 11 is 2.12. The molecule has 1 rings (SSSR count). The van der Waals surface area contributed by atoms with Crippen molar-refractivity contribution in [3.63, 3.8) is 0 Å². The Labute approximate surface area is 138 Å². The minimum atomic E-state index is -1.02. The second-order valence-electron chi connectivity index (χ2n) is 6.04. The number of amides is 2. The van der Waals surface area contributed by atoms with Crippen LogP contribution in [-0.4, -0.2) is 22.9 Å². The van der Waals surface area contributed by atoms with Crippen molar-refractivity contribution in [1.29, 1.82) is 0 Å². The molecule has 0 saturated heterocycles. The van der Waals surface area contributed by atoms with Gasteiger partial charge in [0, 0.05) is 3.57 Å². The quantitative estimate of drug-likeness (QED) is 0.572. The molecule has 116 valence electrons. The van der Waals surface area contributed by atoms with E-state index in [4.69, 9.17) is 11.5 Å². The molecule has 0 aliphatic heterocycles. The third-order valence-electron chi connectivity index (χ3n) is 2.65. The van der Waals surface area contributed by atoms with Crippen LogP contribution in [0.25, 0.3) is 0 Å². The minimum absolute atomic E-state index is 0.341. The molecule has 0 aliphatic carbocycles. The van der Waals surface area contributed by atoms with Gasteiger partial charge in [0.2, 0.25) is 11.8 Å². The lowest BCUT2D eigenvalue weighted by molar-refractivity contribution is -0.120. The van der Waals surface area contributed by atoms with E-state index in [0.29, 0.717) is 11.4 Å². The first kappa shape index (κ1) is 17.9. The average molecular weight is 404 g/mol. The zero-order valence-electron chi connectivity index (χ0n) is 12.6. The second-order valence-corrected chi connectivity index (χ2v) is 7.29. The summed E-state index contributed by atoms with van der Waals surface area (Å²) in [4.78, 5) is 24.0. The van der Waals surface area contributed by atoms with E-state index in [0.717, 1.165) is 3.57 Å². The van der Waals surface area contributed by atoms with Crippen LogP contribution >= 0.6 is 22.6 Å². The summed E-state index contributed by atoms with van der Waals surface area (Å²) < 4.78 is 0.919. The number of nitrogens with one attached hydrogen (secondary N) is 2. The molecule has 6 nitrogen and oxygen atoms in total. The normalized spacial score (nSPS) is 12.0. The number of hydrogen-bond donors (Lipinski definition) is 4. The van der Waals surface area contributed by atoms with Gasteiger partial charge in [-0.15, -0.1) is 0 Å². The van der Waals surface area contributed by atoms with E-state index in [1.165, 1.54) is 0 Å². The monoisotopic (exact) mass is 404 g/mol. The van der Waals surface area contributed by atoms with Gasteiger partial charge >= 0.3 is 0 Å². The number of benzene rings is 1. The molecule has 7 heteroatoms. The number of carbonyl (C=O) groups excluding carboxylic acids is 2. The van der Waals surface area contributed by atoms with Gasteiger partial charge < -0.3 is 22.1 Å². The Morgan fingerprint density at radius 1 is 0.952 bits per heavy atom. The fraction of sp³-hybridized carbons (Fsp3) is 0.429. The van der Waals surface area contributed by atoms with Gasteiger partial charge in [-0.05, 0) is 68.5 Å². The van der Waals surface area contributed by atoms with Crippen LogP contribution in [0.2, 0.25) is 0 Å². The Hall–Kier alpha value is -1.19. The van der Waals surface area contributed by atoms with E-state index in [9.17, 15) is 9.59 Å². The number of anilines is 2. The lowest BCUT2D eigenvalue weighted by atomic mass is 10.1. The highest BCUT2D eigenvalue weighted by Gasteiger charge is 2.25. The third-order valence-corrected chi connectivity index (χ3v) is 3.32. The zero-order valence-corrected chi connectivity index (χ0v) is 14.7. The van der Waals surface area contributed by atoms with Crippen molar-refractivity contribution in [3.8, 4) is 0 Å². The van der Waals surface area contributed by atoms with Crippen molar-refractivity contribution in [2.45, 2.75) is 38.8 Å². The van der Waals surface area contributed by atoms with Gasteiger partial charge in [0.15, 0.2) is 0 Å². The SMILES string of the molecule is CC(C)(N)C(=O)Nc1ccc(I)cc1NC(=O)C(C)(C)N. The smallest absolute Gasteiger partial charge is 0.243 e. The van der Waals surface area contributed by atoms with Gasteiger partial charge in [-0.25, -0.2) is 0 Å². The van der Waals surface area contributed by atoms with Crippen molar-refractivity contribution in [1.82, 2.24) is 0 Å². The van der Waals surface area contributed by atoms with E-state index in [1.807, 2.05) is 6.07 Å². The maximum Gasteiger partial charge on any atom is 0.243 e. The summed E-state index contributed by atoms with van der Waals surface area (Å²) in [5, 5.41) is 5.44. The second kappa shape index (κ2) is 6.29. The van der Waals surface area contributed by atoms with Crippen LogP contribution in [0.5, 0.6) is 0 Å². The van der Waals surface area contributed by atoms with Crippen LogP contribution in [0.1, 0.15) is 27.7 Å². The van der Waals surface area contributed by atoms with E-state index >= 15 is 0 Å². The first-order valence-corrected chi connectivity index (χ1v) is 7.49. The summed E-state index contributed by atoms with van der Waals surface area (Å²) in [6.45, 7) is 6.43. The topological polar surface area (TPSA) is 110 Å². The highest BCUT2D eigenvalue weighted by Crippen LogP contribution is 2.25. The highest BCUT2D eigenvalue weighted by atomic mass is 127. The predicted molar refractivity (Wildman–Crippen MR) is 93.0 cm³/mol. The largest absolute Gasteiger partial charge is 0.323 e. The van der Waals surface area contributed by atoms with Gasteiger partial charge in [-0.2, -0.15) is 0 Å². The number of carbonyl (C=O) groups is 2. The van der Waals surface area contributed by atoms with E-state index in [2.05, 4.69) is 33.2 Å². The van der Waals surface area contributed by atoms with Crippen LogP contribution in [0.4, 0.5) is 11.4 Å². The maximum atomic E-state index is 12.0. The number of rotatable bonds is 4. The molecular formula is C14H21IN4O2. The number of hydrogen-bond acceptors (Lipinski definition) is 4. The third kappa shape index (κ3) is 5.25. The van der Waals surface area contributed by atoms with Crippen molar-refractivity contribution >= 4 is 45.8 Å². The summed E-state index contributed by atoms with van der Waals surface area (Å²) in [5.74, 6) is -0.682. The van der Waals surface area contributed by atoms with E-state index < -0.39 is 11.1 Å². The Balaban J connectivity index is 3.06. The first-order valence-electron chi connectivity index (χ1n) is 6.41. The molecular weight excluding hydrogens is 383 g/mol. The predicted octanol–water partition coefficient (Wildman–Crippen LogP) is 1.64. The number of nitrogens with two attached hydrogens (primary N) is 2. The molecule has 1 aromatic carbocycles. The molecule has 0 radical (unpaired) electrons. The molecule has 6 N–H and O–H groups in total. The van der Waals surface area contributed by atoms with E-state index in [1.54, 1.807) is 39.8 Å². The molecule has 0 spiro atoms. The summed E-state index contributed by atoms with van der Waals surface area (Å²) in [6.07, 6.45) is 0. The molecule has 0 saturated carbocycles. The average Bonchev–Trinajstić information content (AvgIpc) is 2.29. The van der Waals surface area contributed by atoms with Crippen LogP contribution in [0.15, 0.2) is 18.2 Å². The summed E-state index contributed by atoms with van der Waals surface area (Å²) in [7, 11) is 0. The maximum absolute atomic E-state index is 12.0. The first-order chi connectivity index (χ1) is 9.41. The van der Waals surface area contributed by atoms with Gasteiger partial charge in [0.25, 0.3) is 0 Å². The molecule has 0 aliphatic rings.